The predicted octanol–water partition coefficient (Wildman–Crippen LogP) is 3.48. The highest BCUT2D eigenvalue weighted by atomic mass is 35.5. The Labute approximate surface area is 106 Å². The summed E-state index contributed by atoms with van der Waals surface area (Å²) in [6.07, 6.45) is 0. The number of aryl methyl sites for hydroxylation is 1. The van der Waals surface area contributed by atoms with Gasteiger partial charge in [0, 0.05) is 22.9 Å². The molecule has 0 unspecified atom stereocenters. The van der Waals surface area contributed by atoms with Crippen LogP contribution < -0.4 is 5.43 Å². The molecule has 17 heavy (non-hydrogen) atoms. The lowest BCUT2D eigenvalue weighted by Gasteiger charge is -2.29. The predicted molar refractivity (Wildman–Crippen MR) is 68.9 cm³/mol. The maximum atomic E-state index is 11.0. The molecule has 0 aliphatic rings. The number of para-hydroxylation sites is 1. The number of nitro benzene ring substituents is 1. The van der Waals surface area contributed by atoms with E-state index in [0.29, 0.717) is 11.3 Å². The number of nitrogens with zero attached hydrogens (tertiary/aromatic N) is 2. The molecule has 1 aromatic rings. The summed E-state index contributed by atoms with van der Waals surface area (Å²) in [5.41, 5.74) is 3.51. The van der Waals surface area contributed by atoms with Gasteiger partial charge >= 0.3 is 0 Å². The molecule has 94 valence electrons. The maximum absolute atomic E-state index is 11.0. The van der Waals surface area contributed by atoms with E-state index in [1.807, 2.05) is 20.8 Å². The summed E-state index contributed by atoms with van der Waals surface area (Å²) < 4.78 is 1.33. The molecule has 1 rings (SSSR count). The number of halogens is 1. The van der Waals surface area contributed by atoms with Gasteiger partial charge in [-0.1, -0.05) is 12.1 Å². The van der Waals surface area contributed by atoms with Crippen molar-refractivity contribution in [2.45, 2.75) is 33.2 Å². The first kappa shape index (κ1) is 13.7. The molecule has 0 fully saturated rings. The average molecular weight is 258 g/mol. The van der Waals surface area contributed by atoms with Crippen LogP contribution in [0.15, 0.2) is 18.2 Å². The normalized spacial score (nSPS) is 11.6. The fraction of sp³-hybridized carbons (Fsp3) is 0.455. The lowest BCUT2D eigenvalue weighted by molar-refractivity contribution is -0.384. The number of nitro groups is 1. The Bertz CT molecular complexity index is 429. The Morgan fingerprint density at radius 3 is 2.47 bits per heavy atom. The molecule has 0 saturated carbocycles. The number of nitrogens with one attached hydrogen (secondary N) is 1. The minimum Gasteiger partial charge on any atom is -0.298 e. The third-order valence-corrected chi connectivity index (χ3v) is 2.82. The summed E-state index contributed by atoms with van der Waals surface area (Å²) in [5.74, 6) is 0. The van der Waals surface area contributed by atoms with Gasteiger partial charge in [0.25, 0.3) is 5.69 Å². The van der Waals surface area contributed by atoms with Crippen molar-refractivity contribution >= 4 is 23.2 Å². The molecule has 0 aliphatic heterocycles. The van der Waals surface area contributed by atoms with Crippen LogP contribution in [0, 0.1) is 17.0 Å². The van der Waals surface area contributed by atoms with Gasteiger partial charge < -0.3 is 0 Å². The van der Waals surface area contributed by atoms with Gasteiger partial charge in [-0.2, -0.15) is 0 Å². The summed E-state index contributed by atoms with van der Waals surface area (Å²) in [4.78, 5) is 10.6. The largest absolute Gasteiger partial charge is 0.298 e. The highest BCUT2D eigenvalue weighted by Crippen LogP contribution is 2.30. The monoisotopic (exact) mass is 257 g/mol. The van der Waals surface area contributed by atoms with Crippen LogP contribution in [0.1, 0.15) is 26.3 Å². The fourth-order valence-electron chi connectivity index (χ4n) is 1.26. The Kier molecular flexibility index (Phi) is 3.95. The Balaban J connectivity index is 3.07. The van der Waals surface area contributed by atoms with Crippen LogP contribution >= 0.6 is 11.8 Å². The van der Waals surface area contributed by atoms with Crippen LogP contribution in [-0.2, 0) is 0 Å². The van der Waals surface area contributed by atoms with Gasteiger partial charge in [0.15, 0.2) is 0 Å². The third kappa shape index (κ3) is 3.31. The maximum Gasteiger partial charge on any atom is 0.296 e. The summed E-state index contributed by atoms with van der Waals surface area (Å²) >= 11 is 6.02. The van der Waals surface area contributed by atoms with Gasteiger partial charge in [0.05, 0.1) is 4.92 Å². The summed E-state index contributed by atoms with van der Waals surface area (Å²) in [6, 6.07) is 5.07. The molecular weight excluding hydrogens is 242 g/mol. The van der Waals surface area contributed by atoms with Crippen LogP contribution in [0.5, 0.6) is 0 Å². The van der Waals surface area contributed by atoms with Crippen molar-refractivity contribution in [2.24, 2.45) is 0 Å². The van der Waals surface area contributed by atoms with Gasteiger partial charge in [0.1, 0.15) is 5.69 Å². The summed E-state index contributed by atoms with van der Waals surface area (Å²) in [5, 5.41) is 11.0. The molecule has 1 N–H and O–H groups in total. The summed E-state index contributed by atoms with van der Waals surface area (Å²) in [7, 11) is 0. The SMILES string of the molecule is Cc1cccc(NN(Cl)C(C)(C)C)c1[N+](=O)[O-]. The van der Waals surface area contributed by atoms with Crippen LogP contribution in [0.3, 0.4) is 0 Å². The molecule has 5 nitrogen and oxygen atoms in total. The molecule has 1 aromatic carbocycles. The zero-order valence-corrected chi connectivity index (χ0v) is 11.1. The second-order valence-corrected chi connectivity index (χ2v) is 5.13. The first-order valence-electron chi connectivity index (χ1n) is 5.20. The van der Waals surface area contributed by atoms with Gasteiger partial charge in [-0.25, -0.2) is 0 Å². The number of hydrogen-bond acceptors (Lipinski definition) is 4. The molecule has 0 aliphatic carbocycles. The van der Waals surface area contributed by atoms with E-state index in [1.54, 1.807) is 25.1 Å². The molecule has 0 saturated heterocycles. The number of anilines is 1. The van der Waals surface area contributed by atoms with Crippen LogP contribution in [0.4, 0.5) is 11.4 Å². The smallest absolute Gasteiger partial charge is 0.296 e. The summed E-state index contributed by atoms with van der Waals surface area (Å²) in [6.45, 7) is 7.39. The van der Waals surface area contributed by atoms with E-state index in [1.165, 1.54) is 4.53 Å². The quantitative estimate of drug-likeness (QED) is 0.512. The van der Waals surface area contributed by atoms with E-state index in [-0.39, 0.29) is 11.2 Å². The van der Waals surface area contributed by atoms with Gasteiger partial charge in [-0.05, 0) is 33.8 Å². The zero-order valence-electron chi connectivity index (χ0n) is 10.3. The van der Waals surface area contributed by atoms with Crippen molar-refractivity contribution in [2.75, 3.05) is 5.43 Å². The molecular formula is C11H16ClN3O2. The van der Waals surface area contributed by atoms with Crippen molar-refractivity contribution in [3.05, 3.63) is 33.9 Å². The highest BCUT2D eigenvalue weighted by Gasteiger charge is 2.23. The zero-order chi connectivity index (χ0) is 13.2. The molecule has 0 heterocycles. The van der Waals surface area contributed by atoms with E-state index in [2.05, 4.69) is 5.43 Å². The van der Waals surface area contributed by atoms with Gasteiger partial charge in [-0.3, -0.25) is 15.5 Å². The van der Waals surface area contributed by atoms with Crippen molar-refractivity contribution in [3.8, 4) is 0 Å². The molecule has 0 amide bonds. The van der Waals surface area contributed by atoms with Gasteiger partial charge in [-0.15, -0.1) is 4.53 Å². The molecule has 6 heteroatoms. The Morgan fingerprint density at radius 1 is 1.41 bits per heavy atom. The Hall–Kier alpha value is -1.33. The van der Waals surface area contributed by atoms with Crippen LogP contribution in [0.25, 0.3) is 0 Å². The van der Waals surface area contributed by atoms with E-state index < -0.39 is 4.92 Å². The molecule has 0 aromatic heterocycles. The van der Waals surface area contributed by atoms with Gasteiger partial charge in [0.2, 0.25) is 0 Å². The second kappa shape index (κ2) is 4.89. The van der Waals surface area contributed by atoms with E-state index in [4.69, 9.17) is 11.8 Å². The lowest BCUT2D eigenvalue weighted by Crippen LogP contribution is -2.38. The highest BCUT2D eigenvalue weighted by molar-refractivity contribution is 6.14. The second-order valence-electron chi connectivity index (χ2n) is 4.79. The molecule has 0 spiro atoms. The lowest BCUT2D eigenvalue weighted by atomic mass is 10.1. The average Bonchev–Trinajstić information content (AvgIpc) is 2.15. The minimum atomic E-state index is -0.412. The number of hydrogen-bond donors (Lipinski definition) is 1. The molecule has 0 bridgehead atoms. The minimum absolute atomic E-state index is 0.0439. The van der Waals surface area contributed by atoms with Crippen LogP contribution in [-0.4, -0.2) is 15.0 Å². The van der Waals surface area contributed by atoms with Crippen molar-refractivity contribution in [1.82, 2.24) is 4.53 Å². The first-order valence-corrected chi connectivity index (χ1v) is 5.54. The van der Waals surface area contributed by atoms with E-state index in [0.717, 1.165) is 0 Å². The Morgan fingerprint density at radius 2 is 2.00 bits per heavy atom. The number of hydrazine groups is 1. The van der Waals surface area contributed by atoms with Crippen molar-refractivity contribution in [1.29, 1.82) is 0 Å². The van der Waals surface area contributed by atoms with Crippen LogP contribution in [0.2, 0.25) is 0 Å². The van der Waals surface area contributed by atoms with E-state index >= 15 is 0 Å². The topological polar surface area (TPSA) is 58.4 Å². The number of benzene rings is 1. The first-order chi connectivity index (χ1) is 7.73. The third-order valence-electron chi connectivity index (χ3n) is 2.23. The fourth-order valence-corrected chi connectivity index (χ4v) is 1.36. The van der Waals surface area contributed by atoms with Crippen molar-refractivity contribution in [3.63, 3.8) is 0 Å². The number of rotatable bonds is 3. The van der Waals surface area contributed by atoms with Crippen molar-refractivity contribution < 1.29 is 4.92 Å². The van der Waals surface area contributed by atoms with E-state index in [9.17, 15) is 10.1 Å². The molecule has 0 atom stereocenters. The molecule has 0 radical (unpaired) electrons. The standard InChI is InChI=1S/C11H16ClN3O2/c1-8-6-5-7-9(10(8)14(16)17)13-15(12)11(2,3)4/h5-7,13H,1-4H3.